The van der Waals surface area contributed by atoms with Gasteiger partial charge in [-0.1, -0.05) is 78.9 Å². The molecule has 4 aromatic rings. The van der Waals surface area contributed by atoms with Crippen LogP contribution in [0.3, 0.4) is 0 Å². The monoisotopic (exact) mass is 567 g/mol. The summed E-state index contributed by atoms with van der Waals surface area (Å²) in [4.78, 5) is 34.0. The van der Waals surface area contributed by atoms with Crippen molar-refractivity contribution in [3.63, 3.8) is 0 Å². The molecule has 9 heteroatoms. The first-order valence-electron chi connectivity index (χ1n) is 14.2. The Kier molecular flexibility index (Phi) is 9.63. The molecule has 218 valence electrons. The molecule has 1 aliphatic rings. The number of imidazole rings is 1. The summed E-state index contributed by atoms with van der Waals surface area (Å²) in [5.41, 5.74) is 4.53. The van der Waals surface area contributed by atoms with E-state index in [-0.39, 0.29) is 18.1 Å². The molecule has 0 bridgehead atoms. The molecular formula is C33H37N5O4. The third kappa shape index (κ3) is 7.23. The molecule has 0 aliphatic carbocycles. The standard InChI is InChI=1S/C33H37N5O4/c1-22-34-20-28(36-22)29-21-42-26(19-35-29)18-17-23-11-9-10-16-27(23)37-32(39)31(38-33(40)41-2)30(24-12-5-3-6-13-24)25-14-7-4-8-15-25/h3-16,20,26,29-31,35H,17-19,21H2,1-2H3,(H,34,36)(H,37,39)(H,38,40)/t26-,29+,31?/m1/s1. The average molecular weight is 568 g/mol. The molecule has 4 N–H and O–H groups in total. The number of alkyl carbamates (subject to hydrolysis) is 1. The molecular weight excluding hydrogens is 530 g/mol. The van der Waals surface area contributed by atoms with Gasteiger partial charge in [-0.2, -0.15) is 0 Å². The van der Waals surface area contributed by atoms with Crippen molar-refractivity contribution >= 4 is 17.7 Å². The molecule has 3 atom stereocenters. The van der Waals surface area contributed by atoms with E-state index in [4.69, 9.17) is 9.47 Å². The summed E-state index contributed by atoms with van der Waals surface area (Å²) in [5.74, 6) is 0.112. The average Bonchev–Trinajstić information content (AvgIpc) is 3.47. The number of benzene rings is 3. The number of carbonyl (C=O) groups excluding carboxylic acids is 2. The van der Waals surface area contributed by atoms with Crippen molar-refractivity contribution in [1.29, 1.82) is 0 Å². The first-order valence-corrected chi connectivity index (χ1v) is 14.2. The second-order valence-corrected chi connectivity index (χ2v) is 10.4. The molecule has 3 aromatic carbocycles. The molecule has 1 unspecified atom stereocenters. The maximum atomic E-state index is 14.0. The lowest BCUT2D eigenvalue weighted by Crippen LogP contribution is -2.48. The number of aryl methyl sites for hydroxylation is 2. The van der Waals surface area contributed by atoms with Crippen LogP contribution in [0.2, 0.25) is 0 Å². The zero-order valence-corrected chi connectivity index (χ0v) is 23.9. The van der Waals surface area contributed by atoms with Crippen LogP contribution in [0.5, 0.6) is 0 Å². The van der Waals surface area contributed by atoms with Crippen molar-refractivity contribution in [2.75, 3.05) is 25.6 Å². The Morgan fingerprint density at radius 2 is 1.67 bits per heavy atom. The lowest BCUT2D eigenvalue weighted by molar-refractivity contribution is -0.118. The van der Waals surface area contributed by atoms with E-state index in [0.29, 0.717) is 18.7 Å². The van der Waals surface area contributed by atoms with E-state index in [9.17, 15) is 9.59 Å². The Labute approximate surface area is 246 Å². The fourth-order valence-corrected chi connectivity index (χ4v) is 5.40. The number of nitrogens with zero attached hydrogens (tertiary/aromatic N) is 1. The number of aromatic amines is 1. The number of hydrogen-bond donors (Lipinski definition) is 4. The molecule has 0 radical (unpaired) electrons. The lowest BCUT2D eigenvalue weighted by Gasteiger charge is -2.30. The topological polar surface area (TPSA) is 117 Å². The van der Waals surface area contributed by atoms with E-state index in [1.165, 1.54) is 7.11 Å². The van der Waals surface area contributed by atoms with Crippen molar-refractivity contribution in [2.24, 2.45) is 0 Å². The summed E-state index contributed by atoms with van der Waals surface area (Å²) in [6.45, 7) is 3.22. The van der Waals surface area contributed by atoms with Crippen molar-refractivity contribution < 1.29 is 19.1 Å². The van der Waals surface area contributed by atoms with Gasteiger partial charge in [-0.15, -0.1) is 0 Å². The molecule has 2 heterocycles. The van der Waals surface area contributed by atoms with Gasteiger partial charge in [0.25, 0.3) is 0 Å². The SMILES string of the molecule is COC(=O)NC(C(=O)Nc1ccccc1CC[C@@H]1CN[C@H](c2cnc(C)[nH]2)CO1)C(c1ccccc1)c1ccccc1. The number of para-hydroxylation sites is 1. The summed E-state index contributed by atoms with van der Waals surface area (Å²) in [5, 5.41) is 9.45. The van der Waals surface area contributed by atoms with E-state index in [1.54, 1.807) is 0 Å². The highest BCUT2D eigenvalue weighted by molar-refractivity contribution is 5.98. The Bertz CT molecular complexity index is 1410. The van der Waals surface area contributed by atoms with Crippen LogP contribution in [0.15, 0.2) is 91.1 Å². The minimum absolute atomic E-state index is 0.0447. The lowest BCUT2D eigenvalue weighted by atomic mass is 9.84. The van der Waals surface area contributed by atoms with E-state index in [1.807, 2.05) is 98.0 Å². The van der Waals surface area contributed by atoms with Gasteiger partial charge in [-0.3, -0.25) is 4.79 Å². The van der Waals surface area contributed by atoms with Crippen LogP contribution < -0.4 is 16.0 Å². The molecule has 0 spiro atoms. The van der Waals surface area contributed by atoms with Crippen LogP contribution in [0.25, 0.3) is 0 Å². The highest BCUT2D eigenvalue weighted by Crippen LogP contribution is 2.30. The van der Waals surface area contributed by atoms with Gasteiger partial charge in [0.05, 0.1) is 31.6 Å². The number of nitrogens with one attached hydrogen (secondary N) is 4. The van der Waals surface area contributed by atoms with Crippen molar-refractivity contribution in [3.05, 3.63) is 119 Å². The summed E-state index contributed by atoms with van der Waals surface area (Å²) >= 11 is 0. The fraction of sp³-hybridized carbons (Fsp3) is 0.303. The number of H-pyrrole nitrogens is 1. The number of amides is 2. The Morgan fingerprint density at radius 3 is 2.26 bits per heavy atom. The molecule has 42 heavy (non-hydrogen) atoms. The first-order chi connectivity index (χ1) is 20.5. The molecule has 9 nitrogen and oxygen atoms in total. The Hall–Kier alpha value is -4.47. The largest absolute Gasteiger partial charge is 0.453 e. The summed E-state index contributed by atoms with van der Waals surface area (Å²) in [6, 6.07) is 26.3. The van der Waals surface area contributed by atoms with Gasteiger partial charge in [0.15, 0.2) is 0 Å². The smallest absolute Gasteiger partial charge is 0.407 e. The Balaban J connectivity index is 1.30. The van der Waals surface area contributed by atoms with Gasteiger partial charge in [-0.25, -0.2) is 9.78 Å². The number of rotatable bonds is 10. The fourth-order valence-electron chi connectivity index (χ4n) is 5.40. The summed E-state index contributed by atoms with van der Waals surface area (Å²) in [7, 11) is 1.29. The van der Waals surface area contributed by atoms with Crippen molar-refractivity contribution in [3.8, 4) is 0 Å². The minimum Gasteiger partial charge on any atom is -0.453 e. The highest BCUT2D eigenvalue weighted by atomic mass is 16.5. The van der Waals surface area contributed by atoms with Crippen LogP contribution in [0.1, 0.15) is 46.6 Å². The van der Waals surface area contributed by atoms with E-state index < -0.39 is 18.1 Å². The second-order valence-electron chi connectivity index (χ2n) is 10.4. The maximum Gasteiger partial charge on any atom is 0.407 e. The predicted molar refractivity (Wildman–Crippen MR) is 161 cm³/mol. The molecule has 0 saturated carbocycles. The second kappa shape index (κ2) is 13.9. The van der Waals surface area contributed by atoms with Crippen molar-refractivity contribution in [2.45, 2.75) is 43.9 Å². The molecule has 1 aromatic heterocycles. The number of methoxy groups -OCH3 is 1. The zero-order chi connectivity index (χ0) is 29.3. The number of hydrogen-bond acceptors (Lipinski definition) is 6. The van der Waals surface area contributed by atoms with Gasteiger partial charge in [0, 0.05) is 24.3 Å². The zero-order valence-electron chi connectivity index (χ0n) is 23.9. The molecule has 1 saturated heterocycles. The molecule has 2 amide bonds. The highest BCUT2D eigenvalue weighted by Gasteiger charge is 2.33. The number of ether oxygens (including phenoxy) is 2. The third-order valence-corrected chi connectivity index (χ3v) is 7.59. The van der Waals surface area contributed by atoms with Gasteiger partial charge < -0.3 is 30.4 Å². The maximum absolute atomic E-state index is 14.0. The van der Waals surface area contributed by atoms with E-state index in [0.717, 1.165) is 41.2 Å². The van der Waals surface area contributed by atoms with E-state index >= 15 is 0 Å². The minimum atomic E-state index is -0.927. The summed E-state index contributed by atoms with van der Waals surface area (Å²) in [6.07, 6.45) is 2.72. The normalized spacial score (nSPS) is 17.4. The van der Waals surface area contributed by atoms with Crippen LogP contribution in [0, 0.1) is 6.92 Å². The van der Waals surface area contributed by atoms with Crippen LogP contribution in [-0.4, -0.2) is 54.4 Å². The van der Waals surface area contributed by atoms with Gasteiger partial charge in [-0.05, 0) is 42.5 Å². The first kappa shape index (κ1) is 29.0. The number of carbonyl (C=O) groups is 2. The van der Waals surface area contributed by atoms with Gasteiger partial charge >= 0.3 is 6.09 Å². The van der Waals surface area contributed by atoms with Crippen LogP contribution in [-0.2, 0) is 20.7 Å². The molecule has 5 rings (SSSR count). The van der Waals surface area contributed by atoms with Gasteiger partial charge in [0.2, 0.25) is 5.91 Å². The van der Waals surface area contributed by atoms with Crippen LogP contribution in [0.4, 0.5) is 10.5 Å². The van der Waals surface area contributed by atoms with E-state index in [2.05, 4.69) is 25.9 Å². The molecule has 1 aliphatic heterocycles. The predicted octanol–water partition coefficient (Wildman–Crippen LogP) is 4.88. The molecule has 1 fully saturated rings. The number of aromatic nitrogens is 2. The number of anilines is 1. The number of morpholine rings is 1. The van der Waals surface area contributed by atoms with Crippen LogP contribution >= 0.6 is 0 Å². The summed E-state index contributed by atoms with van der Waals surface area (Å²) < 4.78 is 11.1. The Morgan fingerprint density at radius 1 is 1.00 bits per heavy atom. The third-order valence-electron chi connectivity index (χ3n) is 7.59. The quantitative estimate of drug-likeness (QED) is 0.217. The van der Waals surface area contributed by atoms with Gasteiger partial charge in [0.1, 0.15) is 11.9 Å². The van der Waals surface area contributed by atoms with Crippen molar-refractivity contribution in [1.82, 2.24) is 20.6 Å².